The van der Waals surface area contributed by atoms with E-state index in [-0.39, 0.29) is 0 Å². The molecule has 5 heteroatoms. The molecule has 2 heterocycles. The number of hydrogen-bond acceptors (Lipinski definition) is 3. The number of anilines is 2. The van der Waals surface area contributed by atoms with Gasteiger partial charge in [0.1, 0.15) is 17.8 Å². The fourth-order valence-electron chi connectivity index (χ4n) is 3.47. The van der Waals surface area contributed by atoms with Crippen LogP contribution < -0.4 is 4.90 Å². The number of aromatic nitrogens is 3. The van der Waals surface area contributed by atoms with Crippen molar-refractivity contribution in [2.45, 2.75) is 20.4 Å². The number of benzene rings is 2. The number of hydrogen-bond donors (Lipinski definition) is 0. The fraction of sp³-hybridized carbons (Fsp3) is 0.182. The molecule has 4 rings (SSSR count). The van der Waals surface area contributed by atoms with Crippen molar-refractivity contribution in [3.8, 4) is 0 Å². The molecule has 0 spiro atoms. The van der Waals surface area contributed by atoms with Crippen molar-refractivity contribution < 1.29 is 0 Å². The van der Waals surface area contributed by atoms with Gasteiger partial charge in [-0.3, -0.25) is 0 Å². The van der Waals surface area contributed by atoms with Crippen LogP contribution in [0.2, 0.25) is 5.02 Å². The molecule has 0 aliphatic heterocycles. The molecule has 27 heavy (non-hydrogen) atoms. The van der Waals surface area contributed by atoms with Gasteiger partial charge in [0.05, 0.1) is 5.39 Å². The van der Waals surface area contributed by atoms with E-state index in [9.17, 15) is 0 Å². The van der Waals surface area contributed by atoms with E-state index in [0.29, 0.717) is 5.02 Å². The molecule has 2 aromatic heterocycles. The van der Waals surface area contributed by atoms with E-state index >= 15 is 0 Å². The molecule has 2 aromatic carbocycles. The Morgan fingerprint density at radius 2 is 1.78 bits per heavy atom. The molecule has 0 aliphatic rings. The van der Waals surface area contributed by atoms with Gasteiger partial charge in [0.2, 0.25) is 0 Å². The minimum absolute atomic E-state index is 0.708. The second kappa shape index (κ2) is 7.05. The van der Waals surface area contributed by atoms with Crippen molar-refractivity contribution in [1.82, 2.24) is 14.5 Å². The normalized spacial score (nSPS) is 11.1. The van der Waals surface area contributed by atoms with Gasteiger partial charge in [-0.2, -0.15) is 0 Å². The highest BCUT2D eigenvalue weighted by atomic mass is 35.5. The number of fused-ring (bicyclic) bond motifs is 1. The van der Waals surface area contributed by atoms with Crippen LogP contribution in [-0.2, 0) is 6.54 Å². The van der Waals surface area contributed by atoms with Crippen molar-refractivity contribution in [3.63, 3.8) is 0 Å². The predicted molar refractivity (Wildman–Crippen MR) is 112 cm³/mol. The highest BCUT2D eigenvalue weighted by molar-refractivity contribution is 6.30. The lowest BCUT2D eigenvalue weighted by Crippen LogP contribution is -2.12. The molecule has 0 saturated carbocycles. The van der Waals surface area contributed by atoms with Crippen LogP contribution in [0.15, 0.2) is 60.9 Å². The summed E-state index contributed by atoms with van der Waals surface area (Å²) in [6.07, 6.45) is 1.64. The van der Waals surface area contributed by atoms with Gasteiger partial charge >= 0.3 is 0 Å². The van der Waals surface area contributed by atoms with Gasteiger partial charge in [-0.15, -0.1) is 0 Å². The summed E-state index contributed by atoms with van der Waals surface area (Å²) in [5.74, 6) is 0.884. The fourth-order valence-corrected chi connectivity index (χ4v) is 3.65. The van der Waals surface area contributed by atoms with E-state index in [1.165, 1.54) is 16.8 Å². The van der Waals surface area contributed by atoms with E-state index in [1.807, 2.05) is 37.4 Å². The molecule has 0 N–H and O–H groups in total. The van der Waals surface area contributed by atoms with Crippen LogP contribution in [0.25, 0.3) is 11.0 Å². The summed E-state index contributed by atoms with van der Waals surface area (Å²) in [6.45, 7) is 5.06. The molecule has 0 unspecified atom stereocenters. The maximum atomic E-state index is 6.18. The quantitative estimate of drug-likeness (QED) is 0.470. The van der Waals surface area contributed by atoms with Gasteiger partial charge in [0.25, 0.3) is 0 Å². The van der Waals surface area contributed by atoms with Crippen LogP contribution in [0, 0.1) is 13.8 Å². The average molecular weight is 377 g/mol. The van der Waals surface area contributed by atoms with Crippen molar-refractivity contribution in [1.29, 1.82) is 0 Å². The molecule has 136 valence electrons. The van der Waals surface area contributed by atoms with Crippen molar-refractivity contribution in [2.24, 2.45) is 0 Å². The summed E-state index contributed by atoms with van der Waals surface area (Å²) in [6, 6.07) is 18.2. The Bertz CT molecular complexity index is 1100. The maximum absolute atomic E-state index is 6.18. The first-order valence-electron chi connectivity index (χ1n) is 8.90. The van der Waals surface area contributed by atoms with Gasteiger partial charge < -0.3 is 9.47 Å². The SMILES string of the molecule is Cc1c(C)n(Cc2ccccc2)c2ncnc(N(C)c3cccc(Cl)c3)c12. The second-order valence-electron chi connectivity index (χ2n) is 6.72. The zero-order valence-corrected chi connectivity index (χ0v) is 16.4. The van der Waals surface area contributed by atoms with E-state index in [4.69, 9.17) is 11.6 Å². The molecular weight excluding hydrogens is 356 g/mol. The molecule has 0 aliphatic carbocycles. The summed E-state index contributed by atoms with van der Waals surface area (Å²) in [5.41, 5.74) is 5.60. The van der Waals surface area contributed by atoms with Crippen LogP contribution >= 0.6 is 11.6 Å². The van der Waals surface area contributed by atoms with Gasteiger partial charge in [-0.25, -0.2) is 9.97 Å². The lowest BCUT2D eigenvalue weighted by molar-refractivity contribution is 0.790. The Morgan fingerprint density at radius 1 is 1.00 bits per heavy atom. The summed E-state index contributed by atoms with van der Waals surface area (Å²) in [4.78, 5) is 11.3. The van der Waals surface area contributed by atoms with Crippen LogP contribution in [0.5, 0.6) is 0 Å². The minimum atomic E-state index is 0.708. The molecule has 4 nitrogen and oxygen atoms in total. The smallest absolute Gasteiger partial charge is 0.146 e. The molecule has 0 radical (unpaired) electrons. The van der Waals surface area contributed by atoms with Crippen LogP contribution in [0.3, 0.4) is 0 Å². The highest BCUT2D eigenvalue weighted by Crippen LogP contribution is 2.34. The van der Waals surface area contributed by atoms with Crippen LogP contribution in [0.4, 0.5) is 11.5 Å². The van der Waals surface area contributed by atoms with E-state index < -0.39 is 0 Å². The molecule has 0 fully saturated rings. The topological polar surface area (TPSA) is 34.0 Å². The van der Waals surface area contributed by atoms with Gasteiger partial charge in [-0.1, -0.05) is 48.0 Å². The Kier molecular flexibility index (Phi) is 4.58. The third-order valence-corrected chi connectivity index (χ3v) is 5.32. The maximum Gasteiger partial charge on any atom is 0.146 e. The van der Waals surface area contributed by atoms with Crippen molar-refractivity contribution in [3.05, 3.63) is 82.8 Å². The van der Waals surface area contributed by atoms with E-state index in [1.54, 1.807) is 6.33 Å². The Hall–Kier alpha value is -2.85. The van der Waals surface area contributed by atoms with Crippen molar-refractivity contribution >= 4 is 34.1 Å². The zero-order valence-electron chi connectivity index (χ0n) is 15.6. The lowest BCUT2D eigenvalue weighted by Gasteiger charge is -2.19. The largest absolute Gasteiger partial charge is 0.329 e. The highest BCUT2D eigenvalue weighted by Gasteiger charge is 2.19. The Balaban J connectivity index is 1.85. The first kappa shape index (κ1) is 17.6. The summed E-state index contributed by atoms with van der Waals surface area (Å²) in [5, 5.41) is 1.78. The minimum Gasteiger partial charge on any atom is -0.329 e. The average Bonchev–Trinajstić information content (AvgIpc) is 2.93. The van der Waals surface area contributed by atoms with Crippen molar-refractivity contribution in [2.75, 3.05) is 11.9 Å². The zero-order chi connectivity index (χ0) is 19.0. The molecule has 0 saturated heterocycles. The molecule has 0 bridgehead atoms. The monoisotopic (exact) mass is 376 g/mol. The number of aryl methyl sites for hydroxylation is 1. The summed E-state index contributed by atoms with van der Waals surface area (Å²) in [7, 11) is 2.01. The summed E-state index contributed by atoms with van der Waals surface area (Å²) < 4.78 is 2.26. The first-order valence-corrected chi connectivity index (χ1v) is 9.27. The van der Waals surface area contributed by atoms with E-state index in [0.717, 1.165) is 29.1 Å². The predicted octanol–water partition coefficient (Wildman–Crippen LogP) is 5.52. The lowest BCUT2D eigenvalue weighted by atomic mass is 10.2. The third kappa shape index (κ3) is 3.17. The first-order chi connectivity index (χ1) is 13.1. The molecule has 0 atom stereocenters. The molecule has 0 amide bonds. The second-order valence-corrected chi connectivity index (χ2v) is 7.15. The third-order valence-electron chi connectivity index (χ3n) is 5.08. The van der Waals surface area contributed by atoms with Gasteiger partial charge in [0, 0.05) is 30.0 Å². The van der Waals surface area contributed by atoms with Gasteiger partial charge in [0.15, 0.2) is 0 Å². The molecular formula is C22H21ClN4. The number of halogens is 1. The molecule has 4 aromatic rings. The van der Waals surface area contributed by atoms with E-state index in [2.05, 4.69) is 57.5 Å². The number of rotatable bonds is 4. The van der Waals surface area contributed by atoms with Crippen LogP contribution in [0.1, 0.15) is 16.8 Å². The van der Waals surface area contributed by atoms with Gasteiger partial charge in [-0.05, 0) is 43.2 Å². The standard InChI is InChI=1S/C22H21ClN4/c1-15-16(2)27(13-17-8-5-4-6-9-17)22-20(15)21(24-14-25-22)26(3)19-11-7-10-18(23)12-19/h4-12,14H,13H2,1-3H3. The van der Waals surface area contributed by atoms with Crippen LogP contribution in [-0.4, -0.2) is 21.6 Å². The number of nitrogens with zero attached hydrogens (tertiary/aromatic N) is 4. The Morgan fingerprint density at radius 3 is 2.52 bits per heavy atom. The summed E-state index contributed by atoms with van der Waals surface area (Å²) >= 11 is 6.18. The Labute approximate surface area is 164 Å².